The average Bonchev–Trinajstić information content (AvgIpc) is 2.36. The van der Waals surface area contributed by atoms with E-state index in [1.807, 2.05) is 6.92 Å². The van der Waals surface area contributed by atoms with Gasteiger partial charge in [0.25, 0.3) is 5.91 Å². The molecule has 0 saturated heterocycles. The van der Waals surface area contributed by atoms with Crippen LogP contribution in [0.2, 0.25) is 0 Å². The summed E-state index contributed by atoms with van der Waals surface area (Å²) in [6, 6.07) is 4.51. The Kier molecular flexibility index (Phi) is 2.52. The summed E-state index contributed by atoms with van der Waals surface area (Å²) in [5, 5.41) is 5.34. The molecular formula is C11H13N3O2. The van der Waals surface area contributed by atoms with Gasteiger partial charge in [-0.2, -0.15) is 0 Å². The van der Waals surface area contributed by atoms with Crippen molar-refractivity contribution in [3.05, 3.63) is 23.8 Å². The van der Waals surface area contributed by atoms with Gasteiger partial charge in [-0.15, -0.1) is 0 Å². The Bertz CT molecular complexity index is 457. The summed E-state index contributed by atoms with van der Waals surface area (Å²) in [6.07, 6.45) is 0.547. The van der Waals surface area contributed by atoms with E-state index in [0.717, 1.165) is 0 Å². The van der Waals surface area contributed by atoms with E-state index >= 15 is 0 Å². The maximum absolute atomic E-state index is 11.9. The monoisotopic (exact) mass is 219 g/mol. The molecule has 0 saturated carbocycles. The van der Waals surface area contributed by atoms with Crippen molar-refractivity contribution in [2.24, 2.45) is 0 Å². The highest BCUT2D eigenvalue weighted by atomic mass is 16.2. The molecule has 5 heteroatoms. The van der Waals surface area contributed by atoms with Crippen LogP contribution in [0.5, 0.6) is 0 Å². The van der Waals surface area contributed by atoms with Crippen LogP contribution in [-0.2, 0) is 4.79 Å². The van der Waals surface area contributed by atoms with Crippen molar-refractivity contribution < 1.29 is 9.59 Å². The van der Waals surface area contributed by atoms with Crippen molar-refractivity contribution in [1.29, 1.82) is 0 Å². The molecule has 0 bridgehead atoms. The molecule has 4 N–H and O–H groups in total. The third kappa shape index (κ3) is 1.60. The zero-order valence-corrected chi connectivity index (χ0v) is 8.91. The topological polar surface area (TPSA) is 84.2 Å². The standard InChI is InChI=1S/C11H13N3O2/c1-2-7-10(15)14-8-5-3-4-6(12)9(8)11(16)13-7/h3-5,7H,2,12H2,1H3,(H,13,16)(H,14,15)/t7-/m0/s1. The van der Waals surface area contributed by atoms with Crippen molar-refractivity contribution in [1.82, 2.24) is 5.32 Å². The van der Waals surface area contributed by atoms with Crippen molar-refractivity contribution >= 4 is 23.2 Å². The molecule has 84 valence electrons. The number of carbonyl (C=O) groups excluding carboxylic acids is 2. The lowest BCUT2D eigenvalue weighted by molar-refractivity contribution is -0.117. The van der Waals surface area contributed by atoms with Gasteiger partial charge >= 0.3 is 0 Å². The molecule has 1 aliphatic rings. The SMILES string of the molecule is CC[C@@H]1NC(=O)c2c(N)cccc2NC1=O. The van der Waals surface area contributed by atoms with Crippen molar-refractivity contribution in [3.8, 4) is 0 Å². The number of nitrogens with two attached hydrogens (primary N) is 1. The Morgan fingerprint density at radius 1 is 1.38 bits per heavy atom. The highest BCUT2D eigenvalue weighted by molar-refractivity contribution is 6.12. The number of hydrogen-bond donors (Lipinski definition) is 3. The summed E-state index contributed by atoms with van der Waals surface area (Å²) < 4.78 is 0. The molecule has 1 aromatic rings. The maximum atomic E-state index is 11.9. The van der Waals surface area contributed by atoms with Crippen LogP contribution in [0.3, 0.4) is 0 Å². The van der Waals surface area contributed by atoms with Crippen LogP contribution in [0.4, 0.5) is 11.4 Å². The second-order valence-corrected chi connectivity index (χ2v) is 3.69. The summed E-state index contributed by atoms with van der Waals surface area (Å²) in [5.74, 6) is -0.515. The number of rotatable bonds is 1. The van der Waals surface area contributed by atoms with Crippen molar-refractivity contribution in [2.75, 3.05) is 11.1 Å². The number of fused-ring (bicyclic) bond motifs is 1. The van der Waals surface area contributed by atoms with E-state index in [9.17, 15) is 9.59 Å². The molecule has 1 heterocycles. The molecule has 0 unspecified atom stereocenters. The van der Waals surface area contributed by atoms with Gasteiger partial charge in [0.15, 0.2) is 0 Å². The van der Waals surface area contributed by atoms with Gasteiger partial charge < -0.3 is 16.4 Å². The molecule has 0 fully saturated rings. The molecule has 0 spiro atoms. The fraction of sp³-hybridized carbons (Fsp3) is 0.273. The summed E-state index contributed by atoms with van der Waals surface area (Å²) in [7, 11) is 0. The van der Waals surface area contributed by atoms with Crippen LogP contribution < -0.4 is 16.4 Å². The normalized spacial score (nSPS) is 19.4. The first-order valence-corrected chi connectivity index (χ1v) is 5.13. The van der Waals surface area contributed by atoms with Crippen LogP contribution in [0.15, 0.2) is 18.2 Å². The van der Waals surface area contributed by atoms with E-state index in [-0.39, 0.29) is 11.8 Å². The van der Waals surface area contributed by atoms with Gasteiger partial charge in [-0.3, -0.25) is 9.59 Å². The summed E-state index contributed by atoms with van der Waals surface area (Å²) in [6.45, 7) is 1.84. The number of hydrogen-bond acceptors (Lipinski definition) is 3. The number of nitrogens with one attached hydrogen (secondary N) is 2. The molecule has 2 amide bonds. The largest absolute Gasteiger partial charge is 0.398 e. The zero-order chi connectivity index (χ0) is 11.7. The molecule has 16 heavy (non-hydrogen) atoms. The van der Waals surface area contributed by atoms with Crippen LogP contribution in [-0.4, -0.2) is 17.9 Å². The molecule has 1 aromatic carbocycles. The Labute approximate surface area is 93.0 Å². The van der Waals surface area contributed by atoms with Gasteiger partial charge in [-0.1, -0.05) is 13.0 Å². The molecule has 0 radical (unpaired) electrons. The van der Waals surface area contributed by atoms with Crippen LogP contribution >= 0.6 is 0 Å². The van der Waals surface area contributed by atoms with E-state index in [4.69, 9.17) is 5.73 Å². The molecule has 0 aromatic heterocycles. The van der Waals surface area contributed by atoms with Gasteiger partial charge in [0.2, 0.25) is 5.91 Å². The minimum Gasteiger partial charge on any atom is -0.398 e. The minimum absolute atomic E-state index is 0.208. The lowest BCUT2D eigenvalue weighted by atomic mass is 10.1. The van der Waals surface area contributed by atoms with E-state index in [2.05, 4.69) is 10.6 Å². The zero-order valence-electron chi connectivity index (χ0n) is 8.91. The van der Waals surface area contributed by atoms with Crippen molar-refractivity contribution in [3.63, 3.8) is 0 Å². The highest BCUT2D eigenvalue weighted by Gasteiger charge is 2.27. The van der Waals surface area contributed by atoms with E-state index in [1.54, 1.807) is 18.2 Å². The fourth-order valence-electron chi connectivity index (χ4n) is 1.73. The first-order valence-electron chi connectivity index (χ1n) is 5.13. The molecule has 1 aliphatic heterocycles. The second-order valence-electron chi connectivity index (χ2n) is 3.69. The van der Waals surface area contributed by atoms with Crippen molar-refractivity contribution in [2.45, 2.75) is 19.4 Å². The summed E-state index contributed by atoms with van der Waals surface area (Å²) in [4.78, 5) is 23.6. The van der Waals surface area contributed by atoms with E-state index < -0.39 is 6.04 Å². The summed E-state index contributed by atoms with van der Waals surface area (Å²) in [5.41, 5.74) is 6.90. The number of anilines is 2. The Hall–Kier alpha value is -2.04. The number of nitrogen functional groups attached to an aromatic ring is 1. The highest BCUT2D eigenvalue weighted by Crippen LogP contribution is 2.24. The maximum Gasteiger partial charge on any atom is 0.256 e. The molecule has 0 aliphatic carbocycles. The lowest BCUT2D eigenvalue weighted by Crippen LogP contribution is -2.40. The number of carbonyl (C=O) groups is 2. The summed E-state index contributed by atoms with van der Waals surface area (Å²) >= 11 is 0. The van der Waals surface area contributed by atoms with Gasteiger partial charge in [-0.25, -0.2) is 0 Å². The lowest BCUT2D eigenvalue weighted by Gasteiger charge is -2.10. The average molecular weight is 219 g/mol. The fourth-order valence-corrected chi connectivity index (χ4v) is 1.73. The molecular weight excluding hydrogens is 206 g/mol. The Morgan fingerprint density at radius 3 is 2.81 bits per heavy atom. The second kappa shape index (κ2) is 3.84. The van der Waals surface area contributed by atoms with E-state index in [0.29, 0.717) is 23.4 Å². The van der Waals surface area contributed by atoms with Crippen LogP contribution in [0, 0.1) is 0 Å². The Balaban J connectivity index is 2.49. The van der Waals surface area contributed by atoms with Crippen LogP contribution in [0.25, 0.3) is 0 Å². The quantitative estimate of drug-likeness (QED) is 0.609. The molecule has 5 nitrogen and oxygen atoms in total. The predicted octanol–water partition coefficient (Wildman–Crippen LogP) is 0.729. The number of benzene rings is 1. The smallest absolute Gasteiger partial charge is 0.256 e. The van der Waals surface area contributed by atoms with Crippen LogP contribution in [0.1, 0.15) is 23.7 Å². The third-order valence-corrected chi connectivity index (χ3v) is 2.61. The third-order valence-electron chi connectivity index (χ3n) is 2.61. The van der Waals surface area contributed by atoms with E-state index in [1.165, 1.54) is 0 Å². The first kappa shape index (κ1) is 10.5. The molecule has 1 atom stereocenters. The van der Waals surface area contributed by atoms with Gasteiger partial charge in [0, 0.05) is 5.69 Å². The minimum atomic E-state index is -0.501. The van der Waals surface area contributed by atoms with Gasteiger partial charge in [0.1, 0.15) is 6.04 Å². The predicted molar refractivity (Wildman–Crippen MR) is 61.0 cm³/mol. The number of amides is 2. The van der Waals surface area contributed by atoms with Gasteiger partial charge in [0.05, 0.1) is 11.3 Å². The van der Waals surface area contributed by atoms with Gasteiger partial charge in [-0.05, 0) is 18.6 Å². The Morgan fingerprint density at radius 2 is 2.12 bits per heavy atom. The first-order chi connectivity index (χ1) is 7.63. The molecule has 2 rings (SSSR count).